The number of rotatable bonds is 3. The van der Waals surface area contributed by atoms with Crippen LogP contribution in [0.2, 0.25) is 0 Å². The van der Waals surface area contributed by atoms with E-state index in [9.17, 15) is 0 Å². The van der Waals surface area contributed by atoms with Crippen LogP contribution in [0.4, 0.5) is 5.69 Å². The molecule has 0 saturated carbocycles. The number of anilines is 1. The first kappa shape index (κ1) is 12.4. The molecule has 1 fully saturated rings. The van der Waals surface area contributed by atoms with E-state index in [4.69, 9.17) is 4.74 Å². The van der Waals surface area contributed by atoms with Crippen LogP contribution in [-0.4, -0.2) is 19.3 Å². The minimum absolute atomic E-state index is 0.181. The first-order valence-corrected chi connectivity index (χ1v) is 6.52. The molecule has 1 aliphatic rings. The van der Waals surface area contributed by atoms with Gasteiger partial charge in [0.2, 0.25) is 0 Å². The SMILES string of the molecule is CC(C)(C)c1ccccc1NCC1CCCO1. The molecular formula is C15H23NO. The second kappa shape index (κ2) is 5.09. The number of hydrogen-bond donors (Lipinski definition) is 1. The summed E-state index contributed by atoms with van der Waals surface area (Å²) in [6, 6.07) is 8.57. The van der Waals surface area contributed by atoms with E-state index in [1.54, 1.807) is 0 Å². The molecule has 2 rings (SSSR count). The molecule has 1 aliphatic heterocycles. The van der Waals surface area contributed by atoms with E-state index in [0.717, 1.165) is 13.2 Å². The van der Waals surface area contributed by atoms with Crippen LogP contribution in [0.1, 0.15) is 39.2 Å². The van der Waals surface area contributed by atoms with Crippen molar-refractivity contribution in [2.45, 2.75) is 45.1 Å². The molecule has 0 amide bonds. The standard InChI is InChI=1S/C15H23NO/c1-15(2,3)13-8-4-5-9-14(13)16-11-12-7-6-10-17-12/h4-5,8-9,12,16H,6-7,10-11H2,1-3H3. The second-order valence-corrected chi connectivity index (χ2v) is 5.81. The van der Waals surface area contributed by atoms with E-state index in [1.165, 1.54) is 24.1 Å². The van der Waals surface area contributed by atoms with Crippen LogP contribution in [0.15, 0.2) is 24.3 Å². The lowest BCUT2D eigenvalue weighted by atomic mass is 9.86. The Labute approximate surface area is 104 Å². The molecule has 17 heavy (non-hydrogen) atoms. The molecule has 1 aromatic rings. The van der Waals surface area contributed by atoms with Crippen molar-refractivity contribution >= 4 is 5.69 Å². The Bertz CT molecular complexity index is 361. The van der Waals surface area contributed by atoms with Gasteiger partial charge in [-0.2, -0.15) is 0 Å². The van der Waals surface area contributed by atoms with Gasteiger partial charge in [-0.05, 0) is 29.9 Å². The summed E-state index contributed by atoms with van der Waals surface area (Å²) in [5.41, 5.74) is 2.80. The third kappa shape index (κ3) is 3.22. The van der Waals surface area contributed by atoms with Crippen molar-refractivity contribution in [2.75, 3.05) is 18.5 Å². The third-order valence-corrected chi connectivity index (χ3v) is 3.28. The second-order valence-electron chi connectivity index (χ2n) is 5.81. The van der Waals surface area contributed by atoms with E-state index in [-0.39, 0.29) is 5.41 Å². The highest BCUT2D eigenvalue weighted by Crippen LogP contribution is 2.29. The highest BCUT2D eigenvalue weighted by molar-refractivity contribution is 5.54. The highest BCUT2D eigenvalue weighted by atomic mass is 16.5. The number of ether oxygens (including phenoxy) is 1. The van der Waals surface area contributed by atoms with Gasteiger partial charge in [-0.1, -0.05) is 39.0 Å². The molecule has 1 heterocycles. The number of nitrogens with one attached hydrogen (secondary N) is 1. The number of benzene rings is 1. The molecule has 2 heteroatoms. The summed E-state index contributed by atoms with van der Waals surface area (Å²) in [4.78, 5) is 0. The molecule has 0 radical (unpaired) electrons. The fourth-order valence-electron chi connectivity index (χ4n) is 2.32. The maximum atomic E-state index is 5.64. The van der Waals surface area contributed by atoms with Crippen molar-refractivity contribution in [1.29, 1.82) is 0 Å². The topological polar surface area (TPSA) is 21.3 Å². The Balaban J connectivity index is 2.04. The monoisotopic (exact) mass is 233 g/mol. The van der Waals surface area contributed by atoms with Crippen LogP contribution >= 0.6 is 0 Å². The lowest BCUT2D eigenvalue weighted by Gasteiger charge is -2.24. The number of para-hydroxylation sites is 1. The molecule has 1 saturated heterocycles. The van der Waals surface area contributed by atoms with Gasteiger partial charge >= 0.3 is 0 Å². The molecule has 0 aromatic heterocycles. The summed E-state index contributed by atoms with van der Waals surface area (Å²) in [7, 11) is 0. The van der Waals surface area contributed by atoms with Crippen LogP contribution in [-0.2, 0) is 10.2 Å². The van der Waals surface area contributed by atoms with Crippen LogP contribution < -0.4 is 5.32 Å². The van der Waals surface area contributed by atoms with Crippen molar-refractivity contribution in [3.8, 4) is 0 Å². The van der Waals surface area contributed by atoms with Gasteiger partial charge in [-0.3, -0.25) is 0 Å². The van der Waals surface area contributed by atoms with E-state index in [1.807, 2.05) is 0 Å². The van der Waals surface area contributed by atoms with Crippen molar-refractivity contribution in [3.05, 3.63) is 29.8 Å². The van der Waals surface area contributed by atoms with Gasteiger partial charge in [0.05, 0.1) is 6.10 Å². The Morgan fingerprint density at radius 1 is 1.29 bits per heavy atom. The first-order chi connectivity index (χ1) is 8.07. The summed E-state index contributed by atoms with van der Waals surface area (Å²) < 4.78 is 5.64. The maximum absolute atomic E-state index is 5.64. The van der Waals surface area contributed by atoms with E-state index < -0.39 is 0 Å². The van der Waals surface area contributed by atoms with E-state index in [2.05, 4.69) is 50.4 Å². The smallest absolute Gasteiger partial charge is 0.0748 e. The lowest BCUT2D eigenvalue weighted by Crippen LogP contribution is -2.21. The van der Waals surface area contributed by atoms with Gasteiger partial charge in [-0.25, -0.2) is 0 Å². The summed E-state index contributed by atoms with van der Waals surface area (Å²) in [5.74, 6) is 0. The van der Waals surface area contributed by atoms with Crippen molar-refractivity contribution in [3.63, 3.8) is 0 Å². The average Bonchev–Trinajstić information content (AvgIpc) is 2.78. The zero-order chi connectivity index (χ0) is 12.3. The molecular weight excluding hydrogens is 210 g/mol. The Hall–Kier alpha value is -1.02. The lowest BCUT2D eigenvalue weighted by molar-refractivity contribution is 0.120. The van der Waals surface area contributed by atoms with Gasteiger partial charge in [-0.15, -0.1) is 0 Å². The molecule has 0 bridgehead atoms. The van der Waals surface area contributed by atoms with Gasteiger partial charge in [0.1, 0.15) is 0 Å². The summed E-state index contributed by atoms with van der Waals surface area (Å²) >= 11 is 0. The Morgan fingerprint density at radius 2 is 2.06 bits per heavy atom. The Kier molecular flexibility index (Phi) is 3.72. The summed E-state index contributed by atoms with van der Waals surface area (Å²) in [6.45, 7) is 8.60. The molecule has 1 unspecified atom stereocenters. The zero-order valence-electron chi connectivity index (χ0n) is 11.1. The van der Waals surface area contributed by atoms with E-state index >= 15 is 0 Å². The predicted octanol–water partition coefficient (Wildman–Crippen LogP) is 3.58. The Morgan fingerprint density at radius 3 is 2.71 bits per heavy atom. The number of hydrogen-bond acceptors (Lipinski definition) is 2. The fourth-order valence-corrected chi connectivity index (χ4v) is 2.32. The molecule has 1 N–H and O–H groups in total. The molecule has 1 aromatic carbocycles. The minimum atomic E-state index is 0.181. The molecule has 0 aliphatic carbocycles. The molecule has 2 nitrogen and oxygen atoms in total. The van der Waals surface area contributed by atoms with Gasteiger partial charge in [0, 0.05) is 18.8 Å². The first-order valence-electron chi connectivity index (χ1n) is 6.52. The van der Waals surface area contributed by atoms with Crippen LogP contribution in [0, 0.1) is 0 Å². The molecule has 0 spiro atoms. The molecule has 1 atom stereocenters. The highest BCUT2D eigenvalue weighted by Gasteiger charge is 2.19. The van der Waals surface area contributed by atoms with Crippen molar-refractivity contribution < 1.29 is 4.74 Å². The van der Waals surface area contributed by atoms with Crippen LogP contribution in [0.3, 0.4) is 0 Å². The zero-order valence-corrected chi connectivity index (χ0v) is 11.1. The van der Waals surface area contributed by atoms with Gasteiger partial charge < -0.3 is 10.1 Å². The fraction of sp³-hybridized carbons (Fsp3) is 0.600. The van der Waals surface area contributed by atoms with Crippen molar-refractivity contribution in [1.82, 2.24) is 0 Å². The van der Waals surface area contributed by atoms with E-state index in [0.29, 0.717) is 6.10 Å². The summed E-state index contributed by atoms with van der Waals surface area (Å²) in [6.07, 6.45) is 2.78. The molecule has 94 valence electrons. The maximum Gasteiger partial charge on any atom is 0.0748 e. The van der Waals surface area contributed by atoms with Gasteiger partial charge in [0.15, 0.2) is 0 Å². The quantitative estimate of drug-likeness (QED) is 0.861. The largest absolute Gasteiger partial charge is 0.382 e. The average molecular weight is 233 g/mol. The van der Waals surface area contributed by atoms with Crippen molar-refractivity contribution in [2.24, 2.45) is 0 Å². The van der Waals surface area contributed by atoms with Gasteiger partial charge in [0.25, 0.3) is 0 Å². The van der Waals surface area contributed by atoms with Crippen LogP contribution in [0.5, 0.6) is 0 Å². The predicted molar refractivity (Wildman–Crippen MR) is 72.6 cm³/mol. The normalized spacial score (nSPS) is 20.5. The third-order valence-electron chi connectivity index (χ3n) is 3.28. The summed E-state index contributed by atoms with van der Waals surface area (Å²) in [5, 5.41) is 3.54. The minimum Gasteiger partial charge on any atom is -0.382 e. The van der Waals surface area contributed by atoms with Crippen LogP contribution in [0.25, 0.3) is 0 Å².